The first-order valence-corrected chi connectivity index (χ1v) is 10.3. The highest BCUT2D eigenvalue weighted by atomic mass is 32.1. The van der Waals surface area contributed by atoms with E-state index in [-0.39, 0.29) is 23.2 Å². The molecule has 0 fully saturated rings. The first kappa shape index (κ1) is 22.4. The molecule has 3 rings (SSSR count). The summed E-state index contributed by atoms with van der Waals surface area (Å²) in [6.07, 6.45) is 0. The lowest BCUT2D eigenvalue weighted by Crippen LogP contribution is -2.43. The molecule has 0 radical (unpaired) electrons. The zero-order valence-corrected chi connectivity index (χ0v) is 18.3. The van der Waals surface area contributed by atoms with Crippen LogP contribution >= 0.6 is 11.3 Å². The van der Waals surface area contributed by atoms with Gasteiger partial charge in [-0.25, -0.2) is 14.0 Å². The SMILES string of the molecule is Cc1c(C(=O)OCC(=O)c2c(N)n(CC(C)C)c(=O)n(C)c2=O)sc2cccc(F)c12. The number of halogens is 1. The van der Waals surface area contributed by atoms with E-state index in [0.29, 0.717) is 15.6 Å². The zero-order chi connectivity index (χ0) is 23.0. The number of nitrogen functional groups attached to an aromatic ring is 1. The molecule has 164 valence electrons. The fourth-order valence-electron chi connectivity index (χ4n) is 3.30. The average Bonchev–Trinajstić information content (AvgIpc) is 3.05. The van der Waals surface area contributed by atoms with Gasteiger partial charge in [0.1, 0.15) is 22.1 Å². The molecule has 2 N–H and O–H groups in total. The number of rotatable bonds is 6. The molecule has 0 amide bonds. The predicted molar refractivity (Wildman–Crippen MR) is 116 cm³/mol. The number of hydrogen-bond donors (Lipinski definition) is 1. The first-order chi connectivity index (χ1) is 14.5. The Kier molecular flexibility index (Phi) is 6.12. The molecule has 0 aliphatic rings. The van der Waals surface area contributed by atoms with Crippen LogP contribution in [0, 0.1) is 18.7 Å². The fourth-order valence-corrected chi connectivity index (χ4v) is 4.42. The van der Waals surface area contributed by atoms with Crippen LogP contribution in [0.4, 0.5) is 10.2 Å². The van der Waals surface area contributed by atoms with Gasteiger partial charge in [-0.3, -0.25) is 18.7 Å². The standard InChI is InChI=1S/C21H22FN3O5S/c1-10(2)8-25-18(23)16(19(27)24(4)21(25)29)13(26)9-30-20(28)17-11(3)15-12(22)6-5-7-14(15)31-17/h5-7,10H,8-9,23H2,1-4H3. The number of esters is 1. The van der Waals surface area contributed by atoms with E-state index in [9.17, 15) is 23.6 Å². The van der Waals surface area contributed by atoms with Crippen LogP contribution < -0.4 is 17.0 Å². The first-order valence-electron chi connectivity index (χ1n) is 9.51. The van der Waals surface area contributed by atoms with E-state index in [4.69, 9.17) is 10.5 Å². The van der Waals surface area contributed by atoms with Crippen LogP contribution in [0.1, 0.15) is 39.4 Å². The number of nitrogens with zero attached hydrogens (tertiary/aromatic N) is 2. The van der Waals surface area contributed by atoms with E-state index in [2.05, 4.69) is 0 Å². The Balaban J connectivity index is 1.89. The van der Waals surface area contributed by atoms with Gasteiger partial charge in [-0.05, 0) is 30.5 Å². The Bertz CT molecular complexity index is 1320. The molecule has 0 unspecified atom stereocenters. The van der Waals surface area contributed by atoms with Crippen molar-refractivity contribution in [3.63, 3.8) is 0 Å². The van der Waals surface area contributed by atoms with Crippen molar-refractivity contribution in [2.75, 3.05) is 12.3 Å². The highest BCUT2D eigenvalue weighted by Crippen LogP contribution is 2.33. The average molecular weight is 447 g/mol. The molecular weight excluding hydrogens is 425 g/mol. The second-order valence-corrected chi connectivity index (χ2v) is 8.63. The molecule has 0 bridgehead atoms. The number of benzene rings is 1. The van der Waals surface area contributed by atoms with Gasteiger partial charge in [-0.15, -0.1) is 11.3 Å². The molecule has 8 nitrogen and oxygen atoms in total. The number of aromatic nitrogens is 2. The third-order valence-electron chi connectivity index (χ3n) is 4.83. The van der Waals surface area contributed by atoms with Crippen molar-refractivity contribution in [3.05, 3.63) is 60.9 Å². The van der Waals surface area contributed by atoms with Crippen molar-refractivity contribution in [3.8, 4) is 0 Å². The molecule has 2 heterocycles. The molecule has 0 saturated heterocycles. The monoisotopic (exact) mass is 447 g/mol. The van der Waals surface area contributed by atoms with Gasteiger partial charge in [0.25, 0.3) is 5.56 Å². The van der Waals surface area contributed by atoms with E-state index in [1.807, 2.05) is 13.8 Å². The van der Waals surface area contributed by atoms with Crippen molar-refractivity contribution in [2.24, 2.45) is 13.0 Å². The lowest BCUT2D eigenvalue weighted by Gasteiger charge is -2.16. The van der Waals surface area contributed by atoms with E-state index >= 15 is 0 Å². The van der Waals surface area contributed by atoms with Crippen LogP contribution in [0.2, 0.25) is 0 Å². The number of ketones is 1. The number of nitrogens with two attached hydrogens (primary N) is 1. The van der Waals surface area contributed by atoms with Crippen LogP contribution in [0.15, 0.2) is 27.8 Å². The molecule has 0 spiro atoms. The Morgan fingerprint density at radius 3 is 2.55 bits per heavy atom. The van der Waals surface area contributed by atoms with E-state index in [1.165, 1.54) is 19.2 Å². The van der Waals surface area contributed by atoms with Gasteiger partial charge in [0, 0.05) is 23.7 Å². The highest BCUT2D eigenvalue weighted by Gasteiger charge is 2.24. The van der Waals surface area contributed by atoms with E-state index in [0.717, 1.165) is 20.5 Å². The van der Waals surface area contributed by atoms with Gasteiger partial charge in [0.2, 0.25) is 5.78 Å². The van der Waals surface area contributed by atoms with Crippen molar-refractivity contribution < 1.29 is 18.7 Å². The predicted octanol–water partition coefficient (Wildman–Crippen LogP) is 2.49. The minimum atomic E-state index is -0.858. The second kappa shape index (κ2) is 8.46. The lowest BCUT2D eigenvalue weighted by molar-refractivity contribution is 0.0478. The number of Topliss-reactive ketones (excluding diaryl/α,β-unsaturated/α-hetero) is 1. The number of aryl methyl sites for hydroxylation is 1. The number of carbonyl (C=O) groups is 2. The summed E-state index contributed by atoms with van der Waals surface area (Å²) in [5.41, 5.74) is 4.48. The summed E-state index contributed by atoms with van der Waals surface area (Å²) < 4.78 is 21.7. The van der Waals surface area contributed by atoms with Crippen molar-refractivity contribution in [1.29, 1.82) is 0 Å². The van der Waals surface area contributed by atoms with Crippen LogP contribution in [-0.4, -0.2) is 27.5 Å². The van der Waals surface area contributed by atoms with Crippen LogP contribution in [0.25, 0.3) is 10.1 Å². The summed E-state index contributed by atoms with van der Waals surface area (Å²) in [7, 11) is 1.25. The largest absolute Gasteiger partial charge is 0.453 e. The van der Waals surface area contributed by atoms with Crippen LogP contribution in [0.5, 0.6) is 0 Å². The maximum atomic E-state index is 14.1. The molecule has 10 heteroatoms. The van der Waals surface area contributed by atoms with Gasteiger partial charge in [-0.2, -0.15) is 0 Å². The molecule has 0 atom stereocenters. The van der Waals surface area contributed by atoms with Gasteiger partial charge in [0.15, 0.2) is 6.61 Å². The van der Waals surface area contributed by atoms with E-state index < -0.39 is 41.0 Å². The van der Waals surface area contributed by atoms with Crippen molar-refractivity contribution >= 4 is 39.0 Å². The molecule has 0 saturated carbocycles. The summed E-state index contributed by atoms with van der Waals surface area (Å²) in [4.78, 5) is 50.2. The molecule has 1 aromatic carbocycles. The summed E-state index contributed by atoms with van der Waals surface area (Å²) >= 11 is 1.05. The van der Waals surface area contributed by atoms with Crippen LogP contribution in [-0.2, 0) is 18.3 Å². The normalized spacial score (nSPS) is 11.3. The van der Waals surface area contributed by atoms with Crippen LogP contribution in [0.3, 0.4) is 0 Å². The Morgan fingerprint density at radius 1 is 1.26 bits per heavy atom. The number of fused-ring (bicyclic) bond motifs is 1. The highest BCUT2D eigenvalue weighted by molar-refractivity contribution is 7.21. The summed E-state index contributed by atoms with van der Waals surface area (Å²) in [5.74, 6) is -2.31. The molecule has 31 heavy (non-hydrogen) atoms. The van der Waals surface area contributed by atoms with Gasteiger partial charge >= 0.3 is 11.7 Å². The Hall–Kier alpha value is -3.27. The maximum Gasteiger partial charge on any atom is 0.349 e. The third kappa shape index (κ3) is 4.02. The number of anilines is 1. The molecular formula is C21H22FN3O5S. The molecule has 3 aromatic rings. The molecule has 2 aromatic heterocycles. The number of thiophene rings is 1. The molecule has 0 aliphatic heterocycles. The minimum Gasteiger partial charge on any atom is -0.453 e. The summed E-state index contributed by atoms with van der Waals surface area (Å²) in [6, 6.07) is 4.52. The summed E-state index contributed by atoms with van der Waals surface area (Å²) in [6.45, 7) is 4.78. The lowest BCUT2D eigenvalue weighted by atomic mass is 10.1. The fraction of sp³-hybridized carbons (Fsp3) is 0.333. The number of ether oxygens (including phenoxy) is 1. The molecule has 0 aliphatic carbocycles. The Morgan fingerprint density at radius 2 is 1.94 bits per heavy atom. The second-order valence-electron chi connectivity index (χ2n) is 7.58. The topological polar surface area (TPSA) is 113 Å². The maximum absolute atomic E-state index is 14.1. The van der Waals surface area contributed by atoms with E-state index in [1.54, 1.807) is 13.0 Å². The van der Waals surface area contributed by atoms with Crippen molar-refractivity contribution in [1.82, 2.24) is 9.13 Å². The number of hydrogen-bond acceptors (Lipinski definition) is 7. The third-order valence-corrected chi connectivity index (χ3v) is 6.07. The number of carbonyl (C=O) groups excluding carboxylic acids is 2. The summed E-state index contributed by atoms with van der Waals surface area (Å²) in [5, 5.41) is 0.324. The smallest absolute Gasteiger partial charge is 0.349 e. The van der Waals surface area contributed by atoms with Gasteiger partial charge < -0.3 is 10.5 Å². The minimum absolute atomic E-state index is 0.0367. The zero-order valence-electron chi connectivity index (χ0n) is 17.5. The Labute approximate surface area is 180 Å². The van der Waals surface area contributed by atoms with Crippen molar-refractivity contribution in [2.45, 2.75) is 27.3 Å². The van der Waals surface area contributed by atoms with Gasteiger partial charge in [-0.1, -0.05) is 19.9 Å². The van der Waals surface area contributed by atoms with Gasteiger partial charge in [0.05, 0.1) is 0 Å². The quantitative estimate of drug-likeness (QED) is 0.459.